The first-order valence-corrected chi connectivity index (χ1v) is 4.79. The largest absolute Gasteiger partial charge is 0.327 e. The summed E-state index contributed by atoms with van der Waals surface area (Å²) >= 11 is 0. The first-order chi connectivity index (χ1) is 6.87. The third-order valence-electron chi connectivity index (χ3n) is 3.37. The second-order valence-electron chi connectivity index (χ2n) is 4.62. The van der Waals surface area contributed by atoms with Crippen LogP contribution in [0.5, 0.6) is 0 Å². The van der Waals surface area contributed by atoms with Crippen LogP contribution in [0.2, 0.25) is 0 Å². The minimum Gasteiger partial charge on any atom is -0.327 e. The normalized spacial score (nSPS) is 27.7. The molecular weight excluding hydrogens is 196 g/mol. The van der Waals surface area contributed by atoms with Gasteiger partial charge in [0.1, 0.15) is 11.9 Å². The Morgan fingerprint density at radius 2 is 2.20 bits per heavy atom. The van der Waals surface area contributed by atoms with Gasteiger partial charge in [-0.3, -0.25) is 14.8 Å². The van der Waals surface area contributed by atoms with Crippen LogP contribution in [-0.4, -0.2) is 20.7 Å². The lowest BCUT2D eigenvalue weighted by atomic mass is 10.1. The maximum Gasteiger partial charge on any atom is 0.310 e. The molecule has 1 aliphatic rings. The number of aryl methyl sites for hydroxylation is 1. The first kappa shape index (κ1) is 10.1. The molecule has 1 aliphatic carbocycles. The predicted molar refractivity (Wildman–Crippen MR) is 54.4 cm³/mol. The Hall–Kier alpha value is -1.43. The van der Waals surface area contributed by atoms with Gasteiger partial charge in [0.05, 0.1) is 4.92 Å². The molecule has 15 heavy (non-hydrogen) atoms. The van der Waals surface area contributed by atoms with E-state index in [2.05, 4.69) is 5.10 Å². The fourth-order valence-electron chi connectivity index (χ4n) is 2.14. The van der Waals surface area contributed by atoms with Gasteiger partial charge in [0.2, 0.25) is 0 Å². The molecule has 1 aromatic heterocycles. The molecule has 2 rings (SSSR count). The summed E-state index contributed by atoms with van der Waals surface area (Å²) in [6.45, 7) is 4.03. The van der Waals surface area contributed by atoms with Crippen molar-refractivity contribution in [2.75, 3.05) is 0 Å². The van der Waals surface area contributed by atoms with Gasteiger partial charge in [0, 0.05) is 19.0 Å². The molecule has 1 aromatic rings. The van der Waals surface area contributed by atoms with E-state index in [0.29, 0.717) is 5.69 Å². The highest BCUT2D eigenvalue weighted by Crippen LogP contribution is 2.58. The van der Waals surface area contributed by atoms with Crippen molar-refractivity contribution in [3.8, 4) is 0 Å². The summed E-state index contributed by atoms with van der Waals surface area (Å²) in [4.78, 5) is 10.4. The summed E-state index contributed by atoms with van der Waals surface area (Å²) in [5, 5.41) is 14.7. The fourth-order valence-corrected chi connectivity index (χ4v) is 2.14. The molecule has 0 radical (unpaired) electrons. The number of nitro groups is 1. The monoisotopic (exact) mass is 210 g/mol. The zero-order valence-electron chi connectivity index (χ0n) is 8.97. The number of hydrogen-bond donors (Lipinski definition) is 1. The van der Waals surface area contributed by atoms with Gasteiger partial charge in [-0.15, -0.1) is 0 Å². The van der Waals surface area contributed by atoms with Gasteiger partial charge in [-0.2, -0.15) is 5.10 Å². The standard InChI is InChI=1S/C9H14N4O2/c1-9(2)6(8(9)10)7-5(13(14)15)4-11-12(7)3/h4,6,8H,10H2,1-3H3/t6-,8-/m0/s1. The van der Waals surface area contributed by atoms with E-state index in [1.54, 1.807) is 11.7 Å². The fraction of sp³-hybridized carbons (Fsp3) is 0.667. The molecule has 0 unspecified atom stereocenters. The highest BCUT2D eigenvalue weighted by atomic mass is 16.6. The Balaban J connectivity index is 2.45. The van der Waals surface area contributed by atoms with Crippen molar-refractivity contribution >= 4 is 5.69 Å². The third kappa shape index (κ3) is 1.25. The van der Waals surface area contributed by atoms with Crippen LogP contribution in [0.4, 0.5) is 5.69 Å². The zero-order valence-corrected chi connectivity index (χ0v) is 8.97. The van der Waals surface area contributed by atoms with Crippen molar-refractivity contribution in [2.45, 2.75) is 25.8 Å². The molecular formula is C9H14N4O2. The molecule has 1 heterocycles. The maximum absolute atomic E-state index is 10.8. The quantitative estimate of drug-likeness (QED) is 0.577. The molecule has 82 valence electrons. The number of nitrogens with zero attached hydrogens (tertiary/aromatic N) is 3. The van der Waals surface area contributed by atoms with Crippen molar-refractivity contribution < 1.29 is 4.92 Å². The molecule has 2 N–H and O–H groups in total. The van der Waals surface area contributed by atoms with Crippen LogP contribution in [0.3, 0.4) is 0 Å². The molecule has 2 atom stereocenters. The van der Waals surface area contributed by atoms with Crippen molar-refractivity contribution in [1.82, 2.24) is 9.78 Å². The van der Waals surface area contributed by atoms with Crippen molar-refractivity contribution in [2.24, 2.45) is 18.2 Å². The highest BCUT2D eigenvalue weighted by molar-refractivity contribution is 5.43. The van der Waals surface area contributed by atoms with Gasteiger partial charge in [-0.25, -0.2) is 0 Å². The van der Waals surface area contributed by atoms with Gasteiger partial charge in [0.15, 0.2) is 0 Å². The molecule has 1 fully saturated rings. The summed E-state index contributed by atoms with van der Waals surface area (Å²) in [5.41, 5.74) is 6.55. The van der Waals surface area contributed by atoms with E-state index in [1.165, 1.54) is 6.20 Å². The molecule has 1 saturated carbocycles. The molecule has 0 saturated heterocycles. The molecule has 6 heteroatoms. The van der Waals surface area contributed by atoms with E-state index >= 15 is 0 Å². The first-order valence-electron chi connectivity index (χ1n) is 4.79. The van der Waals surface area contributed by atoms with Gasteiger partial charge < -0.3 is 5.73 Å². The van der Waals surface area contributed by atoms with Crippen LogP contribution >= 0.6 is 0 Å². The van der Waals surface area contributed by atoms with Crippen molar-refractivity contribution in [1.29, 1.82) is 0 Å². The summed E-state index contributed by atoms with van der Waals surface area (Å²) in [6, 6.07) is -0.0217. The number of nitrogens with two attached hydrogens (primary N) is 1. The lowest BCUT2D eigenvalue weighted by Crippen LogP contribution is -2.07. The molecule has 0 amide bonds. The average molecular weight is 210 g/mol. The Morgan fingerprint density at radius 3 is 2.60 bits per heavy atom. The van der Waals surface area contributed by atoms with E-state index in [4.69, 9.17) is 5.73 Å². The SMILES string of the molecule is Cn1ncc([N+](=O)[O-])c1[C@H]1[C@H](N)C1(C)C. The third-order valence-corrected chi connectivity index (χ3v) is 3.37. The van der Waals surface area contributed by atoms with Crippen LogP contribution < -0.4 is 5.73 Å². The van der Waals surface area contributed by atoms with Gasteiger partial charge in [0.25, 0.3) is 0 Å². The van der Waals surface area contributed by atoms with Crippen LogP contribution in [0.25, 0.3) is 0 Å². The molecule has 0 aromatic carbocycles. The molecule has 0 spiro atoms. The summed E-state index contributed by atoms with van der Waals surface area (Å²) in [6.07, 6.45) is 1.29. The van der Waals surface area contributed by atoms with E-state index in [9.17, 15) is 10.1 Å². The van der Waals surface area contributed by atoms with E-state index in [1.807, 2.05) is 13.8 Å². The lowest BCUT2D eigenvalue weighted by Gasteiger charge is -2.02. The summed E-state index contributed by atoms with van der Waals surface area (Å²) in [5.74, 6) is 0.0328. The van der Waals surface area contributed by atoms with Crippen molar-refractivity contribution in [3.63, 3.8) is 0 Å². The van der Waals surface area contributed by atoms with E-state index < -0.39 is 4.92 Å². The summed E-state index contributed by atoms with van der Waals surface area (Å²) < 4.78 is 1.55. The maximum atomic E-state index is 10.8. The number of hydrogen-bond acceptors (Lipinski definition) is 4. The number of aromatic nitrogens is 2. The second kappa shape index (κ2) is 2.79. The Morgan fingerprint density at radius 1 is 1.67 bits per heavy atom. The van der Waals surface area contributed by atoms with Crippen molar-refractivity contribution in [3.05, 3.63) is 22.0 Å². The van der Waals surface area contributed by atoms with Crippen LogP contribution in [-0.2, 0) is 7.05 Å². The van der Waals surface area contributed by atoms with E-state index in [-0.39, 0.29) is 23.1 Å². The molecule has 0 aliphatic heterocycles. The van der Waals surface area contributed by atoms with Gasteiger partial charge in [-0.1, -0.05) is 13.8 Å². The zero-order chi connectivity index (χ0) is 11.4. The highest BCUT2D eigenvalue weighted by Gasteiger charge is 2.59. The van der Waals surface area contributed by atoms with Crippen LogP contribution in [0.1, 0.15) is 25.5 Å². The topological polar surface area (TPSA) is 87.0 Å². The minimum atomic E-state index is -0.399. The van der Waals surface area contributed by atoms with Crippen LogP contribution in [0.15, 0.2) is 6.20 Å². The van der Waals surface area contributed by atoms with Crippen LogP contribution in [0, 0.1) is 15.5 Å². The Bertz CT molecular complexity index is 424. The smallest absolute Gasteiger partial charge is 0.310 e. The average Bonchev–Trinajstić information content (AvgIpc) is 2.48. The predicted octanol–water partition coefficient (Wildman–Crippen LogP) is 0.779. The minimum absolute atomic E-state index is 0.0217. The molecule has 0 bridgehead atoms. The molecule has 6 nitrogen and oxygen atoms in total. The van der Waals surface area contributed by atoms with E-state index in [0.717, 1.165) is 0 Å². The lowest BCUT2D eigenvalue weighted by molar-refractivity contribution is -0.385. The summed E-state index contributed by atoms with van der Waals surface area (Å²) in [7, 11) is 1.71. The Kier molecular flexibility index (Phi) is 1.88. The van der Waals surface area contributed by atoms with Gasteiger partial charge in [-0.05, 0) is 5.41 Å². The number of rotatable bonds is 2. The Labute approximate surface area is 87.2 Å². The van der Waals surface area contributed by atoms with Gasteiger partial charge >= 0.3 is 5.69 Å². The second-order valence-corrected chi connectivity index (χ2v) is 4.62.